The Bertz CT molecular complexity index is 776. The molecule has 1 amide bonds. The summed E-state index contributed by atoms with van der Waals surface area (Å²) in [6, 6.07) is 3.65. The van der Waals surface area contributed by atoms with E-state index in [4.69, 9.17) is 16.3 Å². The number of thiazole rings is 1. The number of carbonyl (C=O) groups excluding carboxylic acids is 2. The van der Waals surface area contributed by atoms with Crippen LogP contribution >= 0.6 is 22.9 Å². The van der Waals surface area contributed by atoms with E-state index >= 15 is 0 Å². The highest BCUT2D eigenvalue weighted by atomic mass is 35.5. The molecule has 1 aromatic carbocycles. The third-order valence-corrected chi connectivity index (χ3v) is 4.52. The third kappa shape index (κ3) is 3.16. The van der Waals surface area contributed by atoms with Crippen LogP contribution in [0.4, 0.5) is 0 Å². The number of rotatable bonds is 3. The van der Waals surface area contributed by atoms with Crippen LogP contribution < -0.4 is 4.80 Å². The number of aromatic nitrogens is 1. The molecule has 112 valence electrons. The van der Waals surface area contributed by atoms with Gasteiger partial charge < -0.3 is 9.30 Å². The summed E-state index contributed by atoms with van der Waals surface area (Å²) >= 11 is 7.50. The normalized spacial score (nSPS) is 11.9. The van der Waals surface area contributed by atoms with Crippen molar-refractivity contribution in [1.82, 2.24) is 4.57 Å². The van der Waals surface area contributed by atoms with E-state index in [-0.39, 0.29) is 12.5 Å². The summed E-state index contributed by atoms with van der Waals surface area (Å²) in [6.45, 7) is 3.61. The van der Waals surface area contributed by atoms with Crippen LogP contribution in [0.2, 0.25) is 5.02 Å². The van der Waals surface area contributed by atoms with Crippen molar-refractivity contribution in [3.05, 3.63) is 27.5 Å². The maximum Gasteiger partial charge on any atom is 0.325 e. The molecular formula is C14H15ClN2O3S. The molecule has 0 aliphatic rings. The second kappa shape index (κ2) is 6.41. The number of hydrogen-bond acceptors (Lipinski definition) is 4. The molecule has 2 rings (SSSR count). The number of methoxy groups -OCH3 is 1. The number of halogens is 1. The molecule has 1 heterocycles. The van der Waals surface area contributed by atoms with Crippen molar-refractivity contribution in [2.24, 2.45) is 4.99 Å². The number of esters is 1. The van der Waals surface area contributed by atoms with Gasteiger partial charge in [-0.05, 0) is 24.6 Å². The molecule has 0 aliphatic carbocycles. The minimum atomic E-state index is -0.403. The number of hydrogen-bond donors (Lipinski definition) is 0. The van der Waals surface area contributed by atoms with Crippen molar-refractivity contribution in [2.45, 2.75) is 26.8 Å². The van der Waals surface area contributed by atoms with Crippen LogP contribution in [-0.2, 0) is 20.9 Å². The Kier molecular flexibility index (Phi) is 4.80. The Labute approximate surface area is 130 Å². The first kappa shape index (κ1) is 15.7. The SMILES string of the molecule is CCC(=O)N=c1sc2ccc(Cl)c(C)c2n1CC(=O)OC. The topological polar surface area (TPSA) is 60.7 Å². The lowest BCUT2D eigenvalue weighted by Crippen LogP contribution is -2.22. The van der Waals surface area contributed by atoms with Crippen LogP contribution in [-0.4, -0.2) is 23.6 Å². The average Bonchev–Trinajstić information content (AvgIpc) is 2.81. The van der Waals surface area contributed by atoms with Crippen LogP contribution in [0.5, 0.6) is 0 Å². The highest BCUT2D eigenvalue weighted by Crippen LogP contribution is 2.27. The fraction of sp³-hybridized carbons (Fsp3) is 0.357. The Morgan fingerprint density at radius 3 is 2.76 bits per heavy atom. The van der Waals surface area contributed by atoms with E-state index in [2.05, 4.69) is 4.99 Å². The van der Waals surface area contributed by atoms with Crippen molar-refractivity contribution in [2.75, 3.05) is 7.11 Å². The summed E-state index contributed by atoms with van der Waals surface area (Å²) in [5.41, 5.74) is 1.65. The van der Waals surface area contributed by atoms with Crippen LogP contribution in [0, 0.1) is 6.92 Å². The molecule has 0 saturated heterocycles. The molecule has 0 unspecified atom stereocenters. The molecular weight excluding hydrogens is 312 g/mol. The number of aryl methyl sites for hydroxylation is 1. The highest BCUT2D eigenvalue weighted by Gasteiger charge is 2.14. The Hall–Kier alpha value is -1.66. The number of benzene rings is 1. The van der Waals surface area contributed by atoms with E-state index in [1.54, 1.807) is 17.6 Å². The lowest BCUT2D eigenvalue weighted by molar-refractivity contribution is -0.141. The molecule has 0 saturated carbocycles. The quantitative estimate of drug-likeness (QED) is 0.815. The number of fused-ring (bicyclic) bond motifs is 1. The van der Waals surface area contributed by atoms with Gasteiger partial charge in [-0.15, -0.1) is 0 Å². The standard InChI is InChI=1S/C14H15ClN2O3S/c1-4-11(18)16-14-17(7-12(19)20-3)13-8(2)9(15)5-6-10(13)21-14/h5-6H,4,7H2,1-3H3. The lowest BCUT2D eigenvalue weighted by Gasteiger charge is -2.06. The highest BCUT2D eigenvalue weighted by molar-refractivity contribution is 7.16. The zero-order valence-corrected chi connectivity index (χ0v) is 13.5. The molecule has 0 spiro atoms. The molecule has 0 fully saturated rings. The number of carbonyl (C=O) groups is 2. The van der Waals surface area contributed by atoms with E-state index in [1.165, 1.54) is 18.4 Å². The third-order valence-electron chi connectivity index (χ3n) is 3.07. The van der Waals surface area contributed by atoms with Crippen molar-refractivity contribution in [3.8, 4) is 0 Å². The monoisotopic (exact) mass is 326 g/mol. The van der Waals surface area contributed by atoms with Crippen LogP contribution in [0.3, 0.4) is 0 Å². The van der Waals surface area contributed by atoms with Gasteiger partial charge in [0.25, 0.3) is 0 Å². The Balaban J connectivity index is 2.76. The van der Waals surface area contributed by atoms with Crippen LogP contribution in [0.15, 0.2) is 17.1 Å². The fourth-order valence-electron chi connectivity index (χ4n) is 1.93. The Morgan fingerprint density at radius 1 is 1.43 bits per heavy atom. The number of ether oxygens (including phenoxy) is 1. The van der Waals surface area contributed by atoms with Gasteiger partial charge in [0.2, 0.25) is 5.91 Å². The first-order valence-corrected chi connectivity index (χ1v) is 7.60. The molecule has 5 nitrogen and oxygen atoms in total. The summed E-state index contributed by atoms with van der Waals surface area (Å²) in [5, 5.41) is 0.604. The second-order valence-corrected chi connectivity index (χ2v) is 5.84. The van der Waals surface area contributed by atoms with Crippen molar-refractivity contribution >= 4 is 45.0 Å². The van der Waals surface area contributed by atoms with Gasteiger partial charge in [-0.25, -0.2) is 0 Å². The molecule has 0 N–H and O–H groups in total. The summed E-state index contributed by atoms with van der Waals surface area (Å²) in [5.74, 6) is -0.636. The van der Waals surface area contributed by atoms with E-state index in [9.17, 15) is 9.59 Å². The van der Waals surface area contributed by atoms with Gasteiger partial charge in [0.05, 0.1) is 17.3 Å². The molecule has 21 heavy (non-hydrogen) atoms. The Morgan fingerprint density at radius 2 is 2.14 bits per heavy atom. The van der Waals surface area contributed by atoms with Gasteiger partial charge in [0.1, 0.15) is 6.54 Å². The molecule has 1 aromatic heterocycles. The van der Waals surface area contributed by atoms with Gasteiger partial charge in [-0.1, -0.05) is 29.9 Å². The minimum absolute atomic E-state index is 0.00644. The molecule has 2 aromatic rings. The van der Waals surface area contributed by atoms with Gasteiger partial charge in [-0.2, -0.15) is 4.99 Å². The van der Waals surface area contributed by atoms with E-state index in [0.29, 0.717) is 16.2 Å². The van der Waals surface area contributed by atoms with E-state index in [0.717, 1.165) is 15.8 Å². The number of amides is 1. The van der Waals surface area contributed by atoms with Gasteiger partial charge in [0, 0.05) is 11.4 Å². The first-order valence-electron chi connectivity index (χ1n) is 6.40. The fourth-order valence-corrected chi connectivity index (χ4v) is 3.19. The summed E-state index contributed by atoms with van der Waals surface area (Å²) in [4.78, 5) is 27.8. The molecule has 0 atom stereocenters. The molecule has 7 heteroatoms. The van der Waals surface area contributed by atoms with Gasteiger partial charge in [-0.3, -0.25) is 9.59 Å². The van der Waals surface area contributed by atoms with Gasteiger partial charge >= 0.3 is 5.97 Å². The molecule has 0 radical (unpaired) electrons. The zero-order valence-electron chi connectivity index (χ0n) is 12.0. The van der Waals surface area contributed by atoms with Crippen molar-refractivity contribution < 1.29 is 14.3 Å². The number of nitrogens with zero attached hydrogens (tertiary/aromatic N) is 2. The molecule has 0 aliphatic heterocycles. The summed E-state index contributed by atoms with van der Waals surface area (Å²) in [7, 11) is 1.32. The second-order valence-electron chi connectivity index (χ2n) is 4.43. The summed E-state index contributed by atoms with van der Waals surface area (Å²) in [6.07, 6.45) is 0.312. The predicted octanol–water partition coefficient (Wildman–Crippen LogP) is 2.67. The lowest BCUT2D eigenvalue weighted by atomic mass is 10.2. The largest absolute Gasteiger partial charge is 0.468 e. The van der Waals surface area contributed by atoms with Crippen molar-refractivity contribution in [1.29, 1.82) is 0 Å². The average molecular weight is 327 g/mol. The smallest absolute Gasteiger partial charge is 0.325 e. The van der Waals surface area contributed by atoms with Crippen LogP contribution in [0.25, 0.3) is 10.2 Å². The van der Waals surface area contributed by atoms with E-state index < -0.39 is 5.97 Å². The van der Waals surface area contributed by atoms with Crippen LogP contribution in [0.1, 0.15) is 18.9 Å². The van der Waals surface area contributed by atoms with E-state index in [1.807, 2.05) is 13.0 Å². The maximum absolute atomic E-state index is 11.6. The maximum atomic E-state index is 11.6. The predicted molar refractivity (Wildman–Crippen MR) is 82.4 cm³/mol. The molecule has 0 bridgehead atoms. The summed E-state index contributed by atoms with van der Waals surface area (Å²) < 4.78 is 7.32. The van der Waals surface area contributed by atoms with Gasteiger partial charge in [0.15, 0.2) is 4.80 Å². The minimum Gasteiger partial charge on any atom is -0.468 e. The first-order chi connectivity index (χ1) is 9.97. The van der Waals surface area contributed by atoms with Crippen molar-refractivity contribution in [3.63, 3.8) is 0 Å². The zero-order chi connectivity index (χ0) is 15.6.